The van der Waals surface area contributed by atoms with Crippen molar-refractivity contribution in [3.05, 3.63) is 0 Å². The first kappa shape index (κ1) is 14.0. The summed E-state index contributed by atoms with van der Waals surface area (Å²) in [6.45, 7) is 10.2. The van der Waals surface area contributed by atoms with E-state index in [1.807, 2.05) is 0 Å². The quantitative estimate of drug-likeness (QED) is 0.766. The number of hydrogen-bond donors (Lipinski definition) is 0. The maximum atomic E-state index is 12.3. The van der Waals surface area contributed by atoms with Crippen molar-refractivity contribution in [2.24, 2.45) is 5.41 Å². The van der Waals surface area contributed by atoms with Gasteiger partial charge in [0.1, 0.15) is 0 Å². The number of likely N-dealkylation sites (tertiary alicyclic amines) is 2. The monoisotopic (exact) mass is 252 g/mol. The fourth-order valence-corrected chi connectivity index (χ4v) is 3.22. The van der Waals surface area contributed by atoms with Crippen molar-refractivity contribution in [1.29, 1.82) is 0 Å². The van der Waals surface area contributed by atoms with Gasteiger partial charge in [-0.1, -0.05) is 6.92 Å². The van der Waals surface area contributed by atoms with Crippen LogP contribution in [0.4, 0.5) is 0 Å². The maximum Gasteiger partial charge on any atom is 0.150 e. The molecule has 0 N–H and O–H groups in total. The van der Waals surface area contributed by atoms with Gasteiger partial charge >= 0.3 is 0 Å². The highest BCUT2D eigenvalue weighted by molar-refractivity contribution is 5.85. The van der Waals surface area contributed by atoms with E-state index in [1.165, 1.54) is 12.8 Å². The number of Topliss-reactive ketones (excluding diaryl/α,β-unsaturated/α-hetero) is 1. The molecule has 104 valence electrons. The van der Waals surface area contributed by atoms with Crippen molar-refractivity contribution in [3.63, 3.8) is 0 Å². The van der Waals surface area contributed by atoms with Gasteiger partial charge in [-0.25, -0.2) is 0 Å². The lowest BCUT2D eigenvalue weighted by Gasteiger charge is -2.43. The Morgan fingerprint density at radius 2 is 1.89 bits per heavy atom. The van der Waals surface area contributed by atoms with Gasteiger partial charge in [0.15, 0.2) is 5.78 Å². The van der Waals surface area contributed by atoms with Gasteiger partial charge in [0, 0.05) is 19.0 Å². The Morgan fingerprint density at radius 3 is 2.28 bits per heavy atom. The van der Waals surface area contributed by atoms with Crippen LogP contribution in [0.5, 0.6) is 0 Å². The lowest BCUT2D eigenvalue weighted by molar-refractivity contribution is -0.130. The molecule has 2 fully saturated rings. The summed E-state index contributed by atoms with van der Waals surface area (Å²) in [5.74, 6) is 0.476. The van der Waals surface area contributed by atoms with E-state index in [-0.39, 0.29) is 11.5 Å². The molecule has 3 nitrogen and oxygen atoms in total. The molecule has 0 bridgehead atoms. The molecule has 0 saturated carbocycles. The fourth-order valence-electron chi connectivity index (χ4n) is 3.22. The molecule has 2 aliphatic rings. The summed E-state index contributed by atoms with van der Waals surface area (Å²) >= 11 is 0. The highest BCUT2D eigenvalue weighted by atomic mass is 16.1. The van der Waals surface area contributed by atoms with Crippen molar-refractivity contribution >= 4 is 5.78 Å². The van der Waals surface area contributed by atoms with Gasteiger partial charge in [0.2, 0.25) is 0 Å². The van der Waals surface area contributed by atoms with E-state index >= 15 is 0 Å². The fraction of sp³-hybridized carbons (Fsp3) is 0.933. The third-order valence-corrected chi connectivity index (χ3v) is 5.00. The van der Waals surface area contributed by atoms with Gasteiger partial charge in [-0.2, -0.15) is 0 Å². The van der Waals surface area contributed by atoms with Crippen LogP contribution < -0.4 is 0 Å². The molecule has 0 spiro atoms. The van der Waals surface area contributed by atoms with Crippen LogP contribution in [0.25, 0.3) is 0 Å². The first-order chi connectivity index (χ1) is 8.41. The van der Waals surface area contributed by atoms with Crippen LogP contribution in [0.3, 0.4) is 0 Å². The third-order valence-electron chi connectivity index (χ3n) is 5.00. The van der Waals surface area contributed by atoms with Crippen LogP contribution in [-0.2, 0) is 4.79 Å². The summed E-state index contributed by atoms with van der Waals surface area (Å²) in [6, 6.07) is 0.868. The Balaban J connectivity index is 1.84. The number of likely N-dealkylation sites (N-methyl/N-ethyl adjacent to an activating group) is 1. The molecule has 0 aromatic rings. The number of nitrogens with zero attached hydrogens (tertiary/aromatic N) is 2. The van der Waals surface area contributed by atoms with Crippen molar-refractivity contribution < 1.29 is 4.79 Å². The van der Waals surface area contributed by atoms with Gasteiger partial charge < -0.3 is 4.90 Å². The zero-order valence-corrected chi connectivity index (χ0v) is 12.4. The molecule has 2 rings (SSSR count). The zero-order valence-electron chi connectivity index (χ0n) is 12.4. The molecule has 3 heteroatoms. The molecule has 0 aromatic carbocycles. The molecule has 1 atom stereocenters. The molecule has 2 aliphatic heterocycles. The number of hydrogen-bond acceptors (Lipinski definition) is 3. The predicted octanol–water partition coefficient (Wildman–Crippen LogP) is 2.16. The van der Waals surface area contributed by atoms with Crippen LogP contribution in [-0.4, -0.2) is 54.3 Å². The third kappa shape index (κ3) is 2.94. The summed E-state index contributed by atoms with van der Waals surface area (Å²) in [5, 5.41) is 0. The number of ketones is 1. The molecule has 2 saturated heterocycles. The van der Waals surface area contributed by atoms with E-state index in [0.29, 0.717) is 11.8 Å². The molecule has 1 unspecified atom stereocenters. The number of carbonyl (C=O) groups is 1. The average Bonchev–Trinajstić information content (AvgIpc) is 2.26. The summed E-state index contributed by atoms with van der Waals surface area (Å²) < 4.78 is 0. The summed E-state index contributed by atoms with van der Waals surface area (Å²) in [7, 11) is 2.07. The standard InChI is InChI=1S/C15H28N2O/c1-12(2)17-9-6-15(3,7-10-17)11-14(18)13-5-8-16(13)4/h12-13H,5-11H2,1-4H3. The minimum absolute atomic E-state index is 0.227. The van der Waals surface area contributed by atoms with E-state index in [1.54, 1.807) is 0 Å². The molecular formula is C15H28N2O. The SMILES string of the molecule is CC(C)N1CCC(C)(CC(=O)C2CCN2C)CC1. The average molecular weight is 252 g/mol. The first-order valence-corrected chi connectivity index (χ1v) is 7.38. The highest BCUT2D eigenvalue weighted by Crippen LogP contribution is 2.36. The van der Waals surface area contributed by atoms with Crippen molar-refractivity contribution in [2.75, 3.05) is 26.7 Å². The normalized spacial score (nSPS) is 29.3. The van der Waals surface area contributed by atoms with E-state index in [0.717, 1.165) is 32.5 Å². The molecule has 0 radical (unpaired) electrons. The minimum Gasteiger partial charge on any atom is -0.301 e. The predicted molar refractivity (Wildman–Crippen MR) is 74.7 cm³/mol. The number of rotatable bonds is 4. The topological polar surface area (TPSA) is 23.6 Å². The van der Waals surface area contributed by atoms with E-state index in [2.05, 4.69) is 37.6 Å². The lowest BCUT2D eigenvalue weighted by atomic mass is 9.74. The van der Waals surface area contributed by atoms with Crippen LogP contribution in [0.15, 0.2) is 0 Å². The molecule has 18 heavy (non-hydrogen) atoms. The van der Waals surface area contributed by atoms with Crippen LogP contribution >= 0.6 is 0 Å². The van der Waals surface area contributed by atoms with Crippen molar-refractivity contribution in [1.82, 2.24) is 9.80 Å². The Labute approximate surface area is 112 Å². The van der Waals surface area contributed by atoms with E-state index in [9.17, 15) is 4.79 Å². The number of carbonyl (C=O) groups excluding carboxylic acids is 1. The van der Waals surface area contributed by atoms with Crippen molar-refractivity contribution in [2.45, 2.75) is 58.5 Å². The Morgan fingerprint density at radius 1 is 1.28 bits per heavy atom. The second kappa shape index (κ2) is 5.30. The molecule has 0 aromatic heterocycles. The largest absolute Gasteiger partial charge is 0.301 e. The lowest BCUT2D eigenvalue weighted by Crippen LogP contribution is -2.51. The van der Waals surface area contributed by atoms with Crippen LogP contribution in [0.2, 0.25) is 0 Å². The van der Waals surface area contributed by atoms with Gasteiger partial charge in [-0.05, 0) is 58.7 Å². The smallest absolute Gasteiger partial charge is 0.150 e. The highest BCUT2D eigenvalue weighted by Gasteiger charge is 2.37. The van der Waals surface area contributed by atoms with Crippen LogP contribution in [0.1, 0.15) is 46.5 Å². The molecule has 0 amide bonds. The summed E-state index contributed by atoms with van der Waals surface area (Å²) in [6.07, 6.45) is 4.21. The van der Waals surface area contributed by atoms with Crippen LogP contribution in [0, 0.1) is 5.41 Å². The Kier molecular flexibility index (Phi) is 4.12. The van der Waals surface area contributed by atoms with Crippen molar-refractivity contribution in [3.8, 4) is 0 Å². The Hall–Kier alpha value is -0.410. The minimum atomic E-state index is 0.227. The van der Waals surface area contributed by atoms with E-state index < -0.39 is 0 Å². The summed E-state index contributed by atoms with van der Waals surface area (Å²) in [4.78, 5) is 17.0. The molecule has 2 heterocycles. The maximum absolute atomic E-state index is 12.3. The second-order valence-corrected chi connectivity index (χ2v) is 6.87. The van der Waals surface area contributed by atoms with Gasteiger partial charge in [0.25, 0.3) is 0 Å². The zero-order chi connectivity index (χ0) is 13.3. The van der Waals surface area contributed by atoms with Gasteiger partial charge in [0.05, 0.1) is 6.04 Å². The summed E-state index contributed by atoms with van der Waals surface area (Å²) in [5.41, 5.74) is 0.249. The van der Waals surface area contributed by atoms with Gasteiger partial charge in [-0.15, -0.1) is 0 Å². The molecule has 0 aliphatic carbocycles. The van der Waals surface area contributed by atoms with Gasteiger partial charge in [-0.3, -0.25) is 9.69 Å². The molecular weight excluding hydrogens is 224 g/mol. The Bertz CT molecular complexity index is 306. The number of piperidine rings is 1. The van der Waals surface area contributed by atoms with E-state index in [4.69, 9.17) is 0 Å². The first-order valence-electron chi connectivity index (χ1n) is 7.38. The second-order valence-electron chi connectivity index (χ2n) is 6.87.